The molecule has 1 fully saturated rings. The number of hydrogen-bond acceptors (Lipinski definition) is 6. The molecule has 31 heavy (non-hydrogen) atoms. The van der Waals surface area contributed by atoms with Crippen molar-refractivity contribution >= 4 is 26.0 Å². The van der Waals surface area contributed by atoms with Gasteiger partial charge in [0.05, 0.1) is 16.1 Å². The molecule has 1 aromatic heterocycles. The van der Waals surface area contributed by atoms with Crippen LogP contribution in [0, 0.1) is 0 Å². The lowest BCUT2D eigenvalue weighted by atomic mass is 10.1. The van der Waals surface area contributed by atoms with Crippen LogP contribution in [0.1, 0.15) is 37.2 Å². The number of nitrogens with zero attached hydrogens (tertiary/aromatic N) is 2. The lowest BCUT2D eigenvalue weighted by Crippen LogP contribution is -2.46. The first-order valence-corrected chi connectivity index (χ1v) is 13.1. The van der Waals surface area contributed by atoms with E-state index in [1.807, 2.05) is 0 Å². The number of nitrogens with one attached hydrogen (secondary N) is 1. The Morgan fingerprint density at radius 1 is 1.03 bits per heavy atom. The maximum atomic E-state index is 12.7. The summed E-state index contributed by atoms with van der Waals surface area (Å²) in [5, 5.41) is 0. The van der Waals surface area contributed by atoms with Gasteiger partial charge in [-0.1, -0.05) is 13.8 Å². The SMILES string of the molecule is CCN(CC)S(=O)(=O)c1ccc(S(=O)(=O)NC2CCN(C(=O)c3ccco3)CC2)cc1. The molecule has 11 heteroatoms. The standard InChI is InChI=1S/C20H27N3O6S2/c1-3-23(4-2)31(27,28)18-9-7-17(8-10-18)30(25,26)21-16-11-13-22(14-12-16)20(24)19-6-5-15-29-19/h5-10,15-16,21H,3-4,11-14H2,1-2H3. The first-order valence-electron chi connectivity index (χ1n) is 10.1. The molecule has 1 amide bonds. The summed E-state index contributed by atoms with van der Waals surface area (Å²) < 4.78 is 59.7. The van der Waals surface area contributed by atoms with Gasteiger partial charge in [-0.3, -0.25) is 4.79 Å². The summed E-state index contributed by atoms with van der Waals surface area (Å²) >= 11 is 0. The van der Waals surface area contributed by atoms with Crippen LogP contribution in [0.5, 0.6) is 0 Å². The minimum Gasteiger partial charge on any atom is -0.459 e. The van der Waals surface area contributed by atoms with Gasteiger partial charge in [-0.15, -0.1) is 0 Å². The minimum atomic E-state index is -3.81. The van der Waals surface area contributed by atoms with Gasteiger partial charge in [0.15, 0.2) is 5.76 Å². The summed E-state index contributed by atoms with van der Waals surface area (Å²) in [7, 11) is -7.47. The fraction of sp³-hybridized carbons (Fsp3) is 0.450. The molecule has 3 rings (SSSR count). The molecule has 0 bridgehead atoms. The average molecular weight is 470 g/mol. The van der Waals surface area contributed by atoms with E-state index in [4.69, 9.17) is 4.42 Å². The molecule has 0 radical (unpaired) electrons. The van der Waals surface area contributed by atoms with Crippen molar-refractivity contribution < 1.29 is 26.0 Å². The predicted octanol–water partition coefficient (Wildman–Crippen LogP) is 1.89. The zero-order chi connectivity index (χ0) is 22.6. The minimum absolute atomic E-state index is 0.0000819. The molecule has 0 aliphatic carbocycles. The van der Waals surface area contributed by atoms with Crippen molar-refractivity contribution in [3.63, 3.8) is 0 Å². The van der Waals surface area contributed by atoms with Gasteiger partial charge in [-0.05, 0) is 49.2 Å². The molecule has 1 aliphatic rings. The Morgan fingerprint density at radius 3 is 2.13 bits per heavy atom. The van der Waals surface area contributed by atoms with E-state index < -0.39 is 20.0 Å². The van der Waals surface area contributed by atoms with Crippen molar-refractivity contribution in [1.82, 2.24) is 13.9 Å². The number of sulfonamides is 2. The largest absolute Gasteiger partial charge is 0.459 e. The highest BCUT2D eigenvalue weighted by molar-refractivity contribution is 7.89. The van der Waals surface area contributed by atoms with Crippen LogP contribution in [0.25, 0.3) is 0 Å². The van der Waals surface area contributed by atoms with Crippen LogP contribution in [0.3, 0.4) is 0 Å². The zero-order valence-corrected chi connectivity index (χ0v) is 19.2. The molecule has 1 aliphatic heterocycles. The van der Waals surface area contributed by atoms with Crippen molar-refractivity contribution in [2.75, 3.05) is 26.2 Å². The third kappa shape index (κ3) is 5.17. The number of hydrogen-bond donors (Lipinski definition) is 1. The van der Waals surface area contributed by atoms with Gasteiger partial charge in [-0.25, -0.2) is 21.6 Å². The van der Waals surface area contributed by atoms with E-state index >= 15 is 0 Å². The first-order chi connectivity index (χ1) is 14.7. The highest BCUT2D eigenvalue weighted by Gasteiger charge is 2.28. The molecular weight excluding hydrogens is 442 g/mol. The second-order valence-electron chi connectivity index (χ2n) is 7.23. The summed E-state index contributed by atoms with van der Waals surface area (Å²) in [4.78, 5) is 14.0. The summed E-state index contributed by atoms with van der Waals surface area (Å²) in [6.45, 7) is 4.99. The summed E-state index contributed by atoms with van der Waals surface area (Å²) in [5.74, 6) is 0.0510. The van der Waals surface area contributed by atoms with Crippen molar-refractivity contribution in [1.29, 1.82) is 0 Å². The number of furan rings is 1. The van der Waals surface area contributed by atoms with Crippen molar-refractivity contribution in [2.45, 2.75) is 42.5 Å². The van der Waals surface area contributed by atoms with Crippen LogP contribution in [-0.2, 0) is 20.0 Å². The quantitative estimate of drug-likeness (QED) is 0.631. The smallest absolute Gasteiger partial charge is 0.289 e. The number of amides is 1. The van der Waals surface area contributed by atoms with Crippen LogP contribution < -0.4 is 4.72 Å². The fourth-order valence-electron chi connectivity index (χ4n) is 3.55. The summed E-state index contributed by atoms with van der Waals surface area (Å²) in [6.07, 6.45) is 2.38. The molecule has 2 aromatic rings. The van der Waals surface area contributed by atoms with Crippen LogP contribution in [0.15, 0.2) is 56.9 Å². The zero-order valence-electron chi connectivity index (χ0n) is 17.5. The van der Waals surface area contributed by atoms with Gasteiger partial charge in [0, 0.05) is 32.2 Å². The molecule has 0 atom stereocenters. The van der Waals surface area contributed by atoms with Crippen molar-refractivity contribution in [3.05, 3.63) is 48.4 Å². The molecule has 9 nitrogen and oxygen atoms in total. The van der Waals surface area contributed by atoms with E-state index in [0.717, 1.165) is 0 Å². The number of piperidine rings is 1. The molecule has 1 N–H and O–H groups in total. The van der Waals surface area contributed by atoms with E-state index in [-0.39, 0.29) is 27.5 Å². The second kappa shape index (κ2) is 9.51. The molecule has 2 heterocycles. The fourth-order valence-corrected chi connectivity index (χ4v) is 6.31. The number of carbonyl (C=O) groups is 1. The molecule has 0 unspecified atom stereocenters. The number of benzene rings is 1. The highest BCUT2D eigenvalue weighted by Crippen LogP contribution is 2.20. The lowest BCUT2D eigenvalue weighted by Gasteiger charge is -2.31. The lowest BCUT2D eigenvalue weighted by molar-refractivity contribution is 0.0679. The predicted molar refractivity (Wildman–Crippen MR) is 115 cm³/mol. The maximum absolute atomic E-state index is 12.7. The highest BCUT2D eigenvalue weighted by atomic mass is 32.2. The molecular formula is C20H27N3O6S2. The monoisotopic (exact) mass is 469 g/mol. The van der Waals surface area contributed by atoms with Gasteiger partial charge in [0.25, 0.3) is 5.91 Å². The van der Waals surface area contributed by atoms with Crippen LogP contribution in [0.4, 0.5) is 0 Å². The Morgan fingerprint density at radius 2 is 1.61 bits per heavy atom. The van der Waals surface area contributed by atoms with Crippen LogP contribution in [0.2, 0.25) is 0 Å². The molecule has 0 spiro atoms. The topological polar surface area (TPSA) is 117 Å². The Hall–Kier alpha value is -2.21. The number of carbonyl (C=O) groups excluding carboxylic acids is 1. The maximum Gasteiger partial charge on any atom is 0.289 e. The van der Waals surface area contributed by atoms with Gasteiger partial charge >= 0.3 is 0 Å². The Labute approximate surface area is 183 Å². The van der Waals surface area contributed by atoms with Crippen LogP contribution >= 0.6 is 0 Å². The van der Waals surface area contributed by atoms with Gasteiger partial charge < -0.3 is 9.32 Å². The molecule has 1 aromatic carbocycles. The van der Waals surface area contributed by atoms with E-state index in [1.54, 1.807) is 30.9 Å². The van der Waals surface area contributed by atoms with E-state index in [2.05, 4.69) is 4.72 Å². The van der Waals surface area contributed by atoms with E-state index in [1.165, 1.54) is 34.8 Å². The Bertz CT molecular complexity index is 1080. The van der Waals surface area contributed by atoms with Gasteiger partial charge in [-0.2, -0.15) is 4.31 Å². The third-order valence-corrected chi connectivity index (χ3v) is 8.91. The van der Waals surface area contributed by atoms with E-state index in [0.29, 0.717) is 39.0 Å². The first kappa shape index (κ1) is 23.5. The Kier molecular flexibility index (Phi) is 7.20. The normalized spacial score (nSPS) is 16.0. The van der Waals surface area contributed by atoms with Gasteiger partial charge in [0.1, 0.15) is 0 Å². The Balaban J connectivity index is 1.63. The number of likely N-dealkylation sites (tertiary alicyclic amines) is 1. The van der Waals surface area contributed by atoms with Gasteiger partial charge in [0.2, 0.25) is 20.0 Å². The molecule has 1 saturated heterocycles. The summed E-state index contributed by atoms with van der Waals surface area (Å²) in [6, 6.07) is 8.15. The van der Waals surface area contributed by atoms with Crippen molar-refractivity contribution in [2.24, 2.45) is 0 Å². The second-order valence-corrected chi connectivity index (χ2v) is 10.9. The van der Waals surface area contributed by atoms with E-state index in [9.17, 15) is 21.6 Å². The molecule has 170 valence electrons. The van der Waals surface area contributed by atoms with Crippen molar-refractivity contribution in [3.8, 4) is 0 Å². The average Bonchev–Trinajstić information content (AvgIpc) is 3.29. The summed E-state index contributed by atoms with van der Waals surface area (Å²) in [5.41, 5.74) is 0. The third-order valence-electron chi connectivity index (χ3n) is 5.31. The molecule has 0 saturated carbocycles. The van der Waals surface area contributed by atoms with Crippen LogP contribution in [-0.4, -0.2) is 64.2 Å². The number of rotatable bonds is 8.